The number of ether oxygens (including phenoxy) is 1. The molecule has 1 aliphatic carbocycles. The van der Waals surface area contributed by atoms with Gasteiger partial charge >= 0.3 is 18.3 Å². The van der Waals surface area contributed by atoms with Crippen LogP contribution in [0, 0.1) is 5.92 Å². The number of aliphatic carboxylic acids is 1. The van der Waals surface area contributed by atoms with Crippen molar-refractivity contribution in [1.82, 2.24) is 0 Å². The highest BCUT2D eigenvalue weighted by molar-refractivity contribution is 5.67. The summed E-state index contributed by atoms with van der Waals surface area (Å²) in [4.78, 5) is 11.1. The molecule has 1 unspecified atom stereocenters. The Balaban J connectivity index is 1.89. The quantitative estimate of drug-likeness (QED) is 0.410. The van der Waals surface area contributed by atoms with Gasteiger partial charge in [-0.2, -0.15) is 26.3 Å². The van der Waals surface area contributed by atoms with Gasteiger partial charge in [0.1, 0.15) is 6.10 Å². The topological polar surface area (TPSA) is 66.8 Å². The highest BCUT2D eigenvalue weighted by Gasteiger charge is 2.40. The van der Waals surface area contributed by atoms with Gasteiger partial charge < -0.3 is 14.9 Å². The smallest absolute Gasteiger partial charge is 0.416 e. The number of halogens is 6. The summed E-state index contributed by atoms with van der Waals surface area (Å²) in [5.74, 6) is -0.931. The molecule has 1 saturated carbocycles. The van der Waals surface area contributed by atoms with Gasteiger partial charge in [0.05, 0.1) is 24.3 Å². The van der Waals surface area contributed by atoms with Crippen molar-refractivity contribution in [2.24, 2.45) is 5.92 Å². The first-order chi connectivity index (χ1) is 16.3. The Morgan fingerprint density at radius 3 is 1.97 bits per heavy atom. The van der Waals surface area contributed by atoms with Crippen LogP contribution < -0.4 is 0 Å². The number of hydrogen-bond acceptors (Lipinski definition) is 3. The monoisotopic (exact) mass is 504 g/mol. The number of aliphatic hydroxyl groups is 1. The number of carboxylic acid groups (broad SMARTS) is 1. The van der Waals surface area contributed by atoms with Gasteiger partial charge in [-0.1, -0.05) is 30.3 Å². The van der Waals surface area contributed by atoms with E-state index < -0.39 is 53.1 Å². The number of carbonyl (C=O) groups is 1. The SMILES string of the molecule is O=C(O)CC1CCC(COC(CO)c2cc(C(F)(F)F)cc(C(F)(F)F)c2)(c2ccccc2)CC1. The van der Waals surface area contributed by atoms with Crippen molar-refractivity contribution in [2.75, 3.05) is 13.2 Å². The lowest BCUT2D eigenvalue weighted by Crippen LogP contribution is -2.37. The predicted octanol–water partition coefficient (Wildman–Crippen LogP) is 6.38. The molecule has 1 atom stereocenters. The van der Waals surface area contributed by atoms with Crippen LogP contribution >= 0.6 is 0 Å². The fraction of sp³-hybridized carbons (Fsp3) is 0.480. The van der Waals surface area contributed by atoms with Crippen LogP contribution in [0.5, 0.6) is 0 Å². The molecule has 3 rings (SSSR count). The maximum absolute atomic E-state index is 13.3. The van der Waals surface area contributed by atoms with E-state index in [1.807, 2.05) is 30.3 Å². The van der Waals surface area contributed by atoms with Crippen LogP contribution in [0.15, 0.2) is 48.5 Å². The second kappa shape index (κ2) is 10.6. The molecule has 0 spiro atoms. The standard InChI is InChI=1S/C25H26F6O4/c26-24(27,28)19-11-17(12-20(13-19)25(29,30)31)21(14-32)35-15-23(18-4-2-1-3-5-18)8-6-16(7-9-23)10-22(33)34/h1-5,11-13,16,21,32H,6-10,14-15H2,(H,33,34). The number of carboxylic acids is 1. The summed E-state index contributed by atoms with van der Waals surface area (Å²) < 4.78 is 85.5. The number of hydrogen-bond donors (Lipinski definition) is 2. The van der Waals surface area contributed by atoms with Crippen LogP contribution in [-0.2, 0) is 27.3 Å². The first-order valence-corrected chi connectivity index (χ1v) is 11.1. The lowest BCUT2D eigenvalue weighted by atomic mass is 9.66. The average Bonchev–Trinajstić information content (AvgIpc) is 2.79. The van der Waals surface area contributed by atoms with E-state index in [4.69, 9.17) is 9.84 Å². The molecule has 192 valence electrons. The molecule has 10 heteroatoms. The minimum Gasteiger partial charge on any atom is -0.481 e. The van der Waals surface area contributed by atoms with Crippen LogP contribution in [0.1, 0.15) is 60.5 Å². The molecule has 0 aromatic heterocycles. The Morgan fingerprint density at radius 2 is 1.51 bits per heavy atom. The number of alkyl halides is 6. The van der Waals surface area contributed by atoms with E-state index in [9.17, 15) is 36.2 Å². The van der Waals surface area contributed by atoms with Gasteiger partial charge in [-0.15, -0.1) is 0 Å². The molecular formula is C25H26F6O4. The summed E-state index contributed by atoms with van der Waals surface area (Å²) in [7, 11) is 0. The first-order valence-electron chi connectivity index (χ1n) is 11.1. The fourth-order valence-electron chi connectivity index (χ4n) is 4.67. The van der Waals surface area contributed by atoms with Gasteiger partial charge in [-0.3, -0.25) is 4.79 Å². The molecule has 0 radical (unpaired) electrons. The van der Waals surface area contributed by atoms with E-state index in [0.717, 1.165) is 5.56 Å². The molecule has 1 aliphatic rings. The zero-order chi connectivity index (χ0) is 25.9. The normalized spacial score (nSPS) is 22.1. The van der Waals surface area contributed by atoms with Crippen molar-refractivity contribution in [3.8, 4) is 0 Å². The highest BCUT2D eigenvalue weighted by atomic mass is 19.4. The minimum absolute atomic E-state index is 0.0233. The summed E-state index contributed by atoms with van der Waals surface area (Å²) >= 11 is 0. The highest BCUT2D eigenvalue weighted by Crippen LogP contribution is 2.44. The maximum atomic E-state index is 13.3. The third-order valence-corrected chi connectivity index (χ3v) is 6.62. The number of rotatable bonds is 8. The molecule has 0 bridgehead atoms. The van der Waals surface area contributed by atoms with Gasteiger partial charge in [-0.05, 0) is 60.9 Å². The zero-order valence-electron chi connectivity index (χ0n) is 18.7. The van der Waals surface area contributed by atoms with E-state index in [-0.39, 0.29) is 25.0 Å². The van der Waals surface area contributed by atoms with Crippen molar-refractivity contribution in [3.05, 3.63) is 70.8 Å². The Kier molecular flexibility index (Phi) is 8.16. The van der Waals surface area contributed by atoms with Gasteiger partial charge in [0.2, 0.25) is 0 Å². The van der Waals surface area contributed by atoms with E-state index >= 15 is 0 Å². The molecule has 0 saturated heterocycles. The number of benzene rings is 2. The Labute approximate surface area is 198 Å². The summed E-state index contributed by atoms with van der Waals surface area (Å²) in [5.41, 5.74) is -3.10. The summed E-state index contributed by atoms with van der Waals surface area (Å²) in [6.07, 6.45) is -9.18. The lowest BCUT2D eigenvalue weighted by molar-refractivity contribution is -0.143. The van der Waals surface area contributed by atoms with Crippen LogP contribution in [0.2, 0.25) is 0 Å². The third kappa shape index (κ3) is 6.76. The average molecular weight is 504 g/mol. The van der Waals surface area contributed by atoms with Crippen LogP contribution in [0.4, 0.5) is 26.3 Å². The van der Waals surface area contributed by atoms with Crippen LogP contribution in [-0.4, -0.2) is 29.4 Å². The fourth-order valence-corrected chi connectivity index (χ4v) is 4.67. The molecule has 2 aromatic carbocycles. The largest absolute Gasteiger partial charge is 0.481 e. The number of aliphatic hydroxyl groups excluding tert-OH is 1. The van der Waals surface area contributed by atoms with Crippen molar-refractivity contribution in [3.63, 3.8) is 0 Å². The maximum Gasteiger partial charge on any atom is 0.416 e. The molecule has 0 amide bonds. The molecule has 4 nitrogen and oxygen atoms in total. The van der Waals surface area contributed by atoms with Crippen LogP contribution in [0.25, 0.3) is 0 Å². The molecule has 35 heavy (non-hydrogen) atoms. The third-order valence-electron chi connectivity index (χ3n) is 6.62. The molecule has 2 N–H and O–H groups in total. The lowest BCUT2D eigenvalue weighted by Gasteiger charge is -2.41. The second-order valence-corrected chi connectivity index (χ2v) is 9.01. The van der Waals surface area contributed by atoms with E-state index in [1.165, 1.54) is 0 Å². The molecule has 0 aliphatic heterocycles. The second-order valence-electron chi connectivity index (χ2n) is 9.01. The van der Waals surface area contributed by atoms with Crippen molar-refractivity contribution in [2.45, 2.75) is 56.0 Å². The first kappa shape index (κ1) is 27.0. The summed E-state index contributed by atoms with van der Waals surface area (Å²) in [6, 6.07) is 10.3. The van der Waals surface area contributed by atoms with Crippen molar-refractivity contribution >= 4 is 5.97 Å². The van der Waals surface area contributed by atoms with Gasteiger partial charge in [-0.25, -0.2) is 0 Å². The van der Waals surface area contributed by atoms with Gasteiger partial charge in [0.25, 0.3) is 0 Å². The molecular weight excluding hydrogens is 478 g/mol. The Bertz CT molecular complexity index is 963. The summed E-state index contributed by atoms with van der Waals surface area (Å²) in [6.45, 7) is -0.870. The van der Waals surface area contributed by atoms with Crippen LogP contribution in [0.3, 0.4) is 0 Å². The Morgan fingerprint density at radius 1 is 0.971 bits per heavy atom. The summed E-state index contributed by atoms with van der Waals surface area (Å²) in [5, 5.41) is 18.9. The van der Waals surface area contributed by atoms with E-state index in [1.54, 1.807) is 0 Å². The zero-order valence-corrected chi connectivity index (χ0v) is 18.7. The van der Waals surface area contributed by atoms with Crippen molar-refractivity contribution < 1.29 is 46.1 Å². The van der Waals surface area contributed by atoms with Gasteiger partial charge in [0.15, 0.2) is 0 Å². The van der Waals surface area contributed by atoms with Gasteiger partial charge in [0, 0.05) is 11.8 Å². The van der Waals surface area contributed by atoms with Crippen molar-refractivity contribution in [1.29, 1.82) is 0 Å². The minimum atomic E-state index is -5.01. The predicted molar refractivity (Wildman–Crippen MR) is 115 cm³/mol. The van der Waals surface area contributed by atoms with E-state index in [0.29, 0.717) is 37.8 Å². The molecule has 0 heterocycles. The molecule has 1 fully saturated rings. The van der Waals surface area contributed by atoms with E-state index in [2.05, 4.69) is 0 Å². The molecule has 2 aromatic rings. The Hall–Kier alpha value is -2.59.